The molecule has 1 heterocycles. The Hall–Kier alpha value is -2.37. The van der Waals surface area contributed by atoms with E-state index in [-0.39, 0.29) is 5.69 Å². The molecule has 2 rings (SSSR count). The first-order valence-electron chi connectivity index (χ1n) is 5.42. The first kappa shape index (κ1) is 13.1. The number of halogens is 3. The van der Waals surface area contributed by atoms with Crippen molar-refractivity contribution in [3.8, 4) is 0 Å². The molecule has 0 radical (unpaired) electrons. The summed E-state index contributed by atoms with van der Waals surface area (Å²) >= 11 is 0. The van der Waals surface area contributed by atoms with Crippen LogP contribution in [0.1, 0.15) is 11.1 Å². The predicted octanol–water partition coefficient (Wildman–Crippen LogP) is 3.55. The topological polar surface area (TPSA) is 37.3 Å². The van der Waals surface area contributed by atoms with Crippen LogP contribution in [0.4, 0.5) is 18.9 Å². The lowest BCUT2D eigenvalue weighted by Gasteiger charge is -2.07. The number of hydrogen-bond acceptors (Lipinski definition) is 3. The summed E-state index contributed by atoms with van der Waals surface area (Å²) in [4.78, 5) is 3.84. The largest absolute Gasteiger partial charge is 0.416 e. The molecular formula is C13H10F3N3. The SMILES string of the molecule is FC(F)(F)c1cccc(N/N=C/c2ccncc2)c1. The Morgan fingerprint density at radius 1 is 1.11 bits per heavy atom. The van der Waals surface area contributed by atoms with E-state index in [4.69, 9.17) is 0 Å². The maximum absolute atomic E-state index is 12.5. The number of hydrazone groups is 1. The van der Waals surface area contributed by atoms with Gasteiger partial charge in [-0.2, -0.15) is 18.3 Å². The van der Waals surface area contributed by atoms with Gasteiger partial charge in [0.15, 0.2) is 0 Å². The molecule has 0 spiro atoms. The van der Waals surface area contributed by atoms with Gasteiger partial charge in [0.05, 0.1) is 17.5 Å². The molecule has 0 unspecified atom stereocenters. The van der Waals surface area contributed by atoms with Crippen LogP contribution in [0.2, 0.25) is 0 Å². The highest BCUT2D eigenvalue weighted by Gasteiger charge is 2.30. The van der Waals surface area contributed by atoms with Crippen molar-refractivity contribution in [2.24, 2.45) is 5.10 Å². The third kappa shape index (κ3) is 3.80. The summed E-state index contributed by atoms with van der Waals surface area (Å²) in [5.41, 5.74) is 2.92. The van der Waals surface area contributed by atoms with Crippen LogP contribution in [-0.4, -0.2) is 11.2 Å². The van der Waals surface area contributed by atoms with Crippen molar-refractivity contribution in [2.45, 2.75) is 6.18 Å². The van der Waals surface area contributed by atoms with E-state index in [0.29, 0.717) is 0 Å². The van der Waals surface area contributed by atoms with Crippen molar-refractivity contribution in [2.75, 3.05) is 5.43 Å². The van der Waals surface area contributed by atoms with Gasteiger partial charge in [0.2, 0.25) is 0 Å². The van der Waals surface area contributed by atoms with Crippen molar-refractivity contribution in [3.05, 3.63) is 59.9 Å². The molecule has 98 valence electrons. The van der Waals surface area contributed by atoms with E-state index in [1.807, 2.05) is 0 Å². The van der Waals surface area contributed by atoms with Gasteiger partial charge in [-0.3, -0.25) is 10.4 Å². The molecule has 0 aliphatic rings. The van der Waals surface area contributed by atoms with E-state index in [0.717, 1.165) is 17.7 Å². The van der Waals surface area contributed by atoms with Crippen LogP contribution in [0.3, 0.4) is 0 Å². The standard InChI is InChI=1S/C13H10F3N3/c14-13(15,16)11-2-1-3-12(8-11)19-18-9-10-4-6-17-7-5-10/h1-9,19H/b18-9+. The number of nitrogens with zero attached hydrogens (tertiary/aromatic N) is 2. The molecule has 0 bridgehead atoms. The summed E-state index contributed by atoms with van der Waals surface area (Å²) in [6.45, 7) is 0. The summed E-state index contributed by atoms with van der Waals surface area (Å²) in [7, 11) is 0. The van der Waals surface area contributed by atoms with Crippen LogP contribution < -0.4 is 5.43 Å². The van der Waals surface area contributed by atoms with Gasteiger partial charge in [0, 0.05) is 12.4 Å². The first-order chi connectivity index (χ1) is 9.05. The number of nitrogens with one attached hydrogen (secondary N) is 1. The van der Waals surface area contributed by atoms with E-state index < -0.39 is 11.7 Å². The van der Waals surface area contributed by atoms with Crippen LogP contribution in [0, 0.1) is 0 Å². The Kier molecular flexibility index (Phi) is 3.79. The van der Waals surface area contributed by atoms with Crippen molar-refractivity contribution in [1.29, 1.82) is 0 Å². The Morgan fingerprint density at radius 2 is 1.84 bits per heavy atom. The lowest BCUT2D eigenvalue weighted by molar-refractivity contribution is -0.137. The summed E-state index contributed by atoms with van der Waals surface area (Å²) in [6.07, 6.45) is 0.353. The number of hydrogen-bond donors (Lipinski definition) is 1. The second-order valence-corrected chi connectivity index (χ2v) is 3.73. The molecule has 2 aromatic rings. The monoisotopic (exact) mass is 265 g/mol. The maximum atomic E-state index is 12.5. The predicted molar refractivity (Wildman–Crippen MR) is 66.9 cm³/mol. The van der Waals surface area contributed by atoms with E-state index in [1.54, 1.807) is 24.5 Å². The number of rotatable bonds is 3. The van der Waals surface area contributed by atoms with E-state index in [1.165, 1.54) is 18.3 Å². The molecular weight excluding hydrogens is 255 g/mol. The summed E-state index contributed by atoms with van der Waals surface area (Å²) in [5.74, 6) is 0. The quantitative estimate of drug-likeness (QED) is 0.680. The Balaban J connectivity index is 2.06. The molecule has 0 aliphatic heterocycles. The van der Waals surface area contributed by atoms with Gasteiger partial charge in [-0.15, -0.1) is 0 Å². The van der Waals surface area contributed by atoms with Gasteiger partial charge < -0.3 is 0 Å². The van der Waals surface area contributed by atoms with Gasteiger partial charge in [-0.25, -0.2) is 0 Å². The van der Waals surface area contributed by atoms with Crippen LogP contribution in [-0.2, 0) is 6.18 Å². The molecule has 0 saturated carbocycles. The first-order valence-corrected chi connectivity index (χ1v) is 5.42. The Morgan fingerprint density at radius 3 is 2.53 bits per heavy atom. The number of aromatic nitrogens is 1. The van der Waals surface area contributed by atoms with Crippen molar-refractivity contribution < 1.29 is 13.2 Å². The fraction of sp³-hybridized carbons (Fsp3) is 0.0769. The zero-order chi connectivity index (χ0) is 13.7. The van der Waals surface area contributed by atoms with Gasteiger partial charge in [0.25, 0.3) is 0 Å². The molecule has 1 N–H and O–H groups in total. The Labute approximate surface area is 107 Å². The number of anilines is 1. The molecule has 0 atom stereocenters. The fourth-order valence-electron chi connectivity index (χ4n) is 1.40. The number of benzene rings is 1. The lowest BCUT2D eigenvalue weighted by atomic mass is 10.2. The minimum absolute atomic E-state index is 0.278. The molecule has 19 heavy (non-hydrogen) atoms. The molecule has 0 fully saturated rings. The number of alkyl halides is 3. The summed E-state index contributed by atoms with van der Waals surface area (Å²) < 4.78 is 37.4. The minimum atomic E-state index is -4.35. The van der Waals surface area contributed by atoms with Gasteiger partial charge >= 0.3 is 6.18 Å². The Bertz CT molecular complexity index is 565. The zero-order valence-corrected chi connectivity index (χ0v) is 9.72. The fourth-order valence-corrected chi connectivity index (χ4v) is 1.40. The second-order valence-electron chi connectivity index (χ2n) is 3.73. The summed E-state index contributed by atoms with van der Waals surface area (Å²) in [6, 6.07) is 8.32. The molecule has 3 nitrogen and oxygen atoms in total. The van der Waals surface area contributed by atoms with E-state index in [2.05, 4.69) is 15.5 Å². The highest BCUT2D eigenvalue weighted by molar-refractivity contribution is 5.79. The molecule has 1 aromatic carbocycles. The molecule has 0 aliphatic carbocycles. The van der Waals surface area contributed by atoms with Crippen LogP contribution in [0.5, 0.6) is 0 Å². The van der Waals surface area contributed by atoms with Crippen molar-refractivity contribution >= 4 is 11.9 Å². The van der Waals surface area contributed by atoms with Crippen molar-refractivity contribution in [1.82, 2.24) is 4.98 Å². The van der Waals surface area contributed by atoms with Gasteiger partial charge in [-0.1, -0.05) is 6.07 Å². The zero-order valence-electron chi connectivity index (χ0n) is 9.72. The average Bonchev–Trinajstić information content (AvgIpc) is 2.39. The van der Waals surface area contributed by atoms with Crippen LogP contribution in [0.15, 0.2) is 53.9 Å². The molecule has 6 heteroatoms. The van der Waals surface area contributed by atoms with E-state index >= 15 is 0 Å². The third-order valence-electron chi connectivity index (χ3n) is 2.30. The lowest BCUT2D eigenvalue weighted by Crippen LogP contribution is -2.05. The van der Waals surface area contributed by atoms with E-state index in [9.17, 15) is 13.2 Å². The van der Waals surface area contributed by atoms with Crippen molar-refractivity contribution in [3.63, 3.8) is 0 Å². The number of pyridine rings is 1. The highest BCUT2D eigenvalue weighted by Crippen LogP contribution is 2.30. The second kappa shape index (κ2) is 5.51. The summed E-state index contributed by atoms with van der Waals surface area (Å²) in [5, 5.41) is 3.86. The molecule has 0 amide bonds. The van der Waals surface area contributed by atoms with Gasteiger partial charge in [-0.05, 0) is 35.9 Å². The minimum Gasteiger partial charge on any atom is -0.278 e. The molecule has 0 saturated heterocycles. The van der Waals surface area contributed by atoms with Crippen LogP contribution >= 0.6 is 0 Å². The smallest absolute Gasteiger partial charge is 0.278 e. The average molecular weight is 265 g/mol. The molecule has 1 aromatic heterocycles. The highest BCUT2D eigenvalue weighted by atomic mass is 19.4. The van der Waals surface area contributed by atoms with Crippen LogP contribution in [0.25, 0.3) is 0 Å². The maximum Gasteiger partial charge on any atom is 0.416 e. The third-order valence-corrected chi connectivity index (χ3v) is 2.30. The normalized spacial score (nSPS) is 11.7. The van der Waals surface area contributed by atoms with Gasteiger partial charge in [0.1, 0.15) is 0 Å².